The Hall–Kier alpha value is -8.06. The molecule has 2 saturated heterocycles. The van der Waals surface area contributed by atoms with Gasteiger partial charge < -0.3 is 30.9 Å². The van der Waals surface area contributed by atoms with Crippen LogP contribution in [-0.2, 0) is 9.59 Å². The standard InChI is InChI=1S/C22H20N6O3.C22H19N5O4/c1-14-7-10-24-28(14)18-13-17(19(23)29)25-20(26-18)16-5-3-4-15(12-16)6-8-22(31)9-11-27(2)21(22)30;1-14-7-10-23-27(14)18-13-17(20(28)29)24-19(25-18)16-5-3-4-15(12-16)6-8-22(31)9-11-26(2)21(22)30/h3-5,7,10,12-13,31H,9,11H2,1-2H3,(H2,23,29);3-5,7,10,12-13,31H,9,11H2,1-2H3,(H,28,29)/t2*22-/m00/s1. The molecule has 5 N–H and O–H groups in total. The highest BCUT2D eigenvalue weighted by atomic mass is 16.4. The van der Waals surface area contributed by atoms with Gasteiger partial charge in [0.15, 0.2) is 29.0 Å². The van der Waals surface area contributed by atoms with Crippen LogP contribution in [0.3, 0.4) is 0 Å². The number of carboxylic acids is 1. The summed E-state index contributed by atoms with van der Waals surface area (Å²) >= 11 is 0. The van der Waals surface area contributed by atoms with Gasteiger partial charge in [0.05, 0.1) is 0 Å². The number of amides is 3. The van der Waals surface area contributed by atoms with Crippen molar-refractivity contribution in [3.05, 3.63) is 119 Å². The number of nitrogens with two attached hydrogens (primary N) is 1. The molecule has 0 radical (unpaired) electrons. The van der Waals surface area contributed by atoms with Crippen LogP contribution in [0.1, 0.15) is 56.3 Å². The first-order valence-corrected chi connectivity index (χ1v) is 19.1. The summed E-state index contributed by atoms with van der Waals surface area (Å²) in [5.41, 5.74) is 5.84. The minimum Gasteiger partial charge on any atom is -0.477 e. The van der Waals surface area contributed by atoms with Gasteiger partial charge in [-0.25, -0.2) is 34.1 Å². The minimum absolute atomic E-state index is 0.0558. The van der Waals surface area contributed by atoms with Crippen LogP contribution < -0.4 is 5.73 Å². The van der Waals surface area contributed by atoms with E-state index in [1.54, 1.807) is 85.8 Å². The maximum absolute atomic E-state index is 12.1. The van der Waals surface area contributed by atoms with Crippen molar-refractivity contribution in [2.24, 2.45) is 5.73 Å². The fourth-order valence-corrected chi connectivity index (χ4v) is 6.56. The molecular weight excluding hydrogens is 795 g/mol. The quantitative estimate of drug-likeness (QED) is 0.176. The van der Waals surface area contributed by atoms with Crippen LogP contribution >= 0.6 is 0 Å². The molecule has 2 aliphatic heterocycles. The fourth-order valence-electron chi connectivity index (χ4n) is 6.56. The van der Waals surface area contributed by atoms with E-state index in [0.29, 0.717) is 47.0 Å². The number of aromatic carboxylic acids is 1. The monoisotopic (exact) mass is 833 g/mol. The zero-order valence-corrected chi connectivity index (χ0v) is 33.9. The smallest absolute Gasteiger partial charge is 0.354 e. The van der Waals surface area contributed by atoms with E-state index in [1.807, 2.05) is 19.9 Å². The number of primary amides is 1. The van der Waals surface area contributed by atoms with E-state index in [9.17, 15) is 34.5 Å². The highest BCUT2D eigenvalue weighted by Crippen LogP contribution is 2.25. The first-order valence-electron chi connectivity index (χ1n) is 19.1. The molecule has 0 bridgehead atoms. The third-order valence-corrected chi connectivity index (χ3v) is 10.1. The molecule has 0 aliphatic carbocycles. The van der Waals surface area contributed by atoms with E-state index in [4.69, 9.17) is 5.73 Å². The average Bonchev–Trinajstić information content (AvgIpc) is 4.04. The van der Waals surface area contributed by atoms with Gasteiger partial charge in [-0.05, 0) is 50.2 Å². The summed E-state index contributed by atoms with van der Waals surface area (Å²) in [7, 11) is 3.25. The Labute approximate surface area is 354 Å². The normalized spacial score (nSPS) is 18.0. The highest BCUT2D eigenvalue weighted by Gasteiger charge is 2.43. The predicted molar refractivity (Wildman–Crippen MR) is 222 cm³/mol. The second kappa shape index (κ2) is 16.9. The Bertz CT molecular complexity index is 2710. The van der Waals surface area contributed by atoms with Crippen molar-refractivity contribution in [2.75, 3.05) is 27.2 Å². The van der Waals surface area contributed by atoms with Gasteiger partial charge in [-0.3, -0.25) is 14.4 Å². The zero-order chi connectivity index (χ0) is 44.3. The van der Waals surface area contributed by atoms with Crippen molar-refractivity contribution in [3.8, 4) is 58.1 Å². The number of aryl methyl sites for hydroxylation is 2. The van der Waals surface area contributed by atoms with E-state index >= 15 is 0 Å². The summed E-state index contributed by atoms with van der Waals surface area (Å²) in [5, 5.41) is 38.8. The molecule has 6 heterocycles. The first-order chi connectivity index (χ1) is 29.5. The molecular formula is C44H39N11O7. The third kappa shape index (κ3) is 8.77. The summed E-state index contributed by atoms with van der Waals surface area (Å²) in [6.45, 7) is 4.59. The molecule has 2 aliphatic rings. The Morgan fingerprint density at radius 2 is 1.10 bits per heavy atom. The molecule has 4 aromatic heterocycles. The topological polar surface area (TPSA) is 249 Å². The molecule has 3 amide bonds. The van der Waals surface area contributed by atoms with E-state index in [1.165, 1.54) is 26.6 Å². The van der Waals surface area contributed by atoms with Crippen LogP contribution in [0.25, 0.3) is 34.4 Å². The fraction of sp³-hybridized carbons (Fsp3) is 0.227. The summed E-state index contributed by atoms with van der Waals surface area (Å²) in [6.07, 6.45) is 3.72. The lowest BCUT2D eigenvalue weighted by molar-refractivity contribution is -0.138. The van der Waals surface area contributed by atoms with Crippen molar-refractivity contribution in [1.82, 2.24) is 49.3 Å². The Balaban J connectivity index is 0.000000186. The SMILES string of the molecule is Cc1ccnn1-c1cc(C(=O)O)nc(-c2cccc(C#C[C@]3(O)CCN(C)C3=O)c2)n1.Cc1ccnn1-c1cc(C(N)=O)nc(-c2cccc(C#C[C@]3(O)CCN(C)C3=O)c2)n1. The lowest BCUT2D eigenvalue weighted by Crippen LogP contribution is -2.37. The van der Waals surface area contributed by atoms with Crippen LogP contribution in [0, 0.1) is 37.5 Å². The largest absolute Gasteiger partial charge is 0.477 e. The number of likely N-dealkylation sites (N-methyl/N-ethyl adjacent to an activating group) is 2. The maximum atomic E-state index is 12.1. The van der Waals surface area contributed by atoms with Gasteiger partial charge in [0.1, 0.15) is 5.69 Å². The molecule has 18 nitrogen and oxygen atoms in total. The number of benzene rings is 2. The minimum atomic E-state index is -1.70. The van der Waals surface area contributed by atoms with Gasteiger partial charge in [0.25, 0.3) is 17.7 Å². The first kappa shape index (κ1) is 42.1. The molecule has 0 spiro atoms. The molecule has 18 heteroatoms. The molecule has 2 aromatic carbocycles. The number of aromatic nitrogens is 8. The van der Waals surface area contributed by atoms with Crippen molar-refractivity contribution >= 4 is 23.7 Å². The zero-order valence-electron chi connectivity index (χ0n) is 33.9. The number of hydrogen-bond acceptors (Lipinski definition) is 12. The van der Waals surface area contributed by atoms with Crippen molar-refractivity contribution in [3.63, 3.8) is 0 Å². The van der Waals surface area contributed by atoms with Crippen molar-refractivity contribution in [2.45, 2.75) is 37.9 Å². The number of aliphatic hydroxyl groups is 2. The molecule has 0 saturated carbocycles. The second-order valence-electron chi connectivity index (χ2n) is 14.6. The van der Waals surface area contributed by atoms with Crippen LogP contribution in [-0.4, -0.2) is 127 Å². The summed E-state index contributed by atoms with van der Waals surface area (Å²) < 4.78 is 3.11. The second-order valence-corrected chi connectivity index (χ2v) is 14.6. The number of hydrogen-bond donors (Lipinski definition) is 4. The summed E-state index contributed by atoms with van der Waals surface area (Å²) in [4.78, 5) is 67.9. The highest BCUT2D eigenvalue weighted by molar-refractivity contribution is 5.92. The average molecular weight is 834 g/mol. The number of carbonyl (C=O) groups is 4. The number of likely N-dealkylation sites (tertiary alicyclic amines) is 2. The van der Waals surface area contributed by atoms with Gasteiger partial charge in [0.2, 0.25) is 11.2 Å². The Kier molecular flexibility index (Phi) is 11.5. The lowest BCUT2D eigenvalue weighted by Gasteiger charge is -2.13. The maximum Gasteiger partial charge on any atom is 0.354 e. The van der Waals surface area contributed by atoms with Crippen molar-refractivity contribution < 1.29 is 34.5 Å². The van der Waals surface area contributed by atoms with E-state index in [-0.39, 0.29) is 35.9 Å². The molecule has 0 unspecified atom stereocenters. The van der Waals surface area contributed by atoms with Gasteiger partial charge in [-0.1, -0.05) is 47.9 Å². The molecule has 6 aromatic rings. The van der Waals surface area contributed by atoms with Gasteiger partial charge in [-0.2, -0.15) is 10.2 Å². The summed E-state index contributed by atoms with van der Waals surface area (Å²) in [5.74, 6) is 9.58. The van der Waals surface area contributed by atoms with Crippen LogP contribution in [0.4, 0.5) is 0 Å². The van der Waals surface area contributed by atoms with E-state index < -0.39 is 34.9 Å². The van der Waals surface area contributed by atoms with Gasteiger partial charge >= 0.3 is 5.97 Å². The van der Waals surface area contributed by atoms with E-state index in [2.05, 4.69) is 53.8 Å². The van der Waals surface area contributed by atoms with Crippen LogP contribution in [0.2, 0.25) is 0 Å². The van der Waals surface area contributed by atoms with Crippen LogP contribution in [0.5, 0.6) is 0 Å². The van der Waals surface area contributed by atoms with Gasteiger partial charge in [-0.15, -0.1) is 0 Å². The number of rotatable bonds is 6. The third-order valence-electron chi connectivity index (χ3n) is 10.1. The molecule has 312 valence electrons. The van der Waals surface area contributed by atoms with Crippen LogP contribution in [0.15, 0.2) is 85.2 Å². The predicted octanol–water partition coefficient (Wildman–Crippen LogP) is 1.96. The molecule has 2 fully saturated rings. The molecule has 8 rings (SSSR count). The van der Waals surface area contributed by atoms with Gasteiger partial charge in [0, 0.05) is 98.2 Å². The lowest BCUT2D eigenvalue weighted by atomic mass is 10.0. The number of carbonyl (C=O) groups excluding carboxylic acids is 3. The molecule has 62 heavy (non-hydrogen) atoms. The number of nitrogens with zero attached hydrogens (tertiary/aromatic N) is 10. The van der Waals surface area contributed by atoms with Crippen molar-refractivity contribution in [1.29, 1.82) is 0 Å². The summed E-state index contributed by atoms with van der Waals surface area (Å²) in [6, 6.07) is 20.3. The Morgan fingerprint density at radius 3 is 1.47 bits per heavy atom. The number of carboxylic acid groups (broad SMARTS) is 1. The molecule has 2 atom stereocenters. The van der Waals surface area contributed by atoms with E-state index in [0.717, 1.165) is 11.4 Å². The Morgan fingerprint density at radius 1 is 0.661 bits per heavy atom.